The van der Waals surface area contributed by atoms with Crippen molar-refractivity contribution in [1.82, 2.24) is 10.2 Å². The van der Waals surface area contributed by atoms with Crippen LogP contribution in [0.5, 0.6) is 0 Å². The molecule has 11 N–H and O–H groups in total. The average Bonchev–Trinajstić information content (AvgIpc) is 2.54. The summed E-state index contributed by atoms with van der Waals surface area (Å²) in [5.74, 6) is -2.50. The Kier molecular flexibility index (Phi) is 31.1. The Balaban J connectivity index is -0.000000137. The summed E-state index contributed by atoms with van der Waals surface area (Å²) >= 11 is 0. The number of likely N-dealkylation sites (N-methyl/N-ethyl adjacent to an activating group) is 1. The average molecular weight is 396 g/mol. The molecule has 0 aromatic carbocycles. The third-order valence-electron chi connectivity index (χ3n) is 2.08. The van der Waals surface area contributed by atoms with Gasteiger partial charge in [-0.1, -0.05) is 19.8 Å². The number of rotatable bonds is 10. The monoisotopic (exact) mass is 396 g/mol. The molecule has 0 aromatic rings. The fraction of sp³-hybridized carbons (Fsp3) is 0.733. The summed E-state index contributed by atoms with van der Waals surface area (Å²) in [7, 11) is 3.43. The fourth-order valence-electron chi connectivity index (χ4n) is 0.982. The van der Waals surface area contributed by atoms with Gasteiger partial charge in [0.2, 0.25) is 11.8 Å². The van der Waals surface area contributed by atoms with Gasteiger partial charge in [-0.25, -0.2) is 0 Å². The molecule has 0 saturated heterocycles. The molecule has 12 nitrogen and oxygen atoms in total. The second kappa shape index (κ2) is 26.0. The number of carboxylic acids is 2. The highest BCUT2D eigenvalue weighted by atomic mass is 16.4. The number of carbonyl (C=O) groups is 4. The van der Waals surface area contributed by atoms with Crippen LogP contribution in [0, 0.1) is 0 Å². The standard InChI is InChI=1S/C7H16N2O.C4H9NO2.C2H6N2O.C2H5NO2/c1-2-3-4-5-9-6-7(8)10;1-5(2)3-4(6)7;2*3-1-2(4)5/h9H,2-6H2,1H3,(H2,8,10);3H2,1-2H3,(H,6,7);1,3H2,(H2,4,5);1,3H2,(H,4,5). The van der Waals surface area contributed by atoms with Crippen molar-refractivity contribution >= 4 is 23.8 Å². The molecule has 0 saturated carbocycles. The van der Waals surface area contributed by atoms with Crippen molar-refractivity contribution in [2.24, 2.45) is 22.9 Å². The van der Waals surface area contributed by atoms with Crippen molar-refractivity contribution in [2.45, 2.75) is 26.2 Å². The van der Waals surface area contributed by atoms with Crippen molar-refractivity contribution in [3.8, 4) is 0 Å². The molecule has 0 fully saturated rings. The van der Waals surface area contributed by atoms with Crippen molar-refractivity contribution < 1.29 is 29.4 Å². The Bertz CT molecular complexity index is 379. The van der Waals surface area contributed by atoms with E-state index in [-0.39, 0.29) is 25.5 Å². The zero-order valence-corrected chi connectivity index (χ0v) is 16.4. The molecular formula is C15H36N6O6. The van der Waals surface area contributed by atoms with Gasteiger partial charge in [0.1, 0.15) is 0 Å². The molecule has 0 unspecified atom stereocenters. The molecule has 12 heteroatoms. The molecule has 0 rings (SSSR count). The van der Waals surface area contributed by atoms with Crippen LogP contribution in [0.4, 0.5) is 0 Å². The molecule has 0 spiro atoms. The van der Waals surface area contributed by atoms with E-state index in [0.29, 0.717) is 6.54 Å². The van der Waals surface area contributed by atoms with Crippen LogP contribution in [-0.4, -0.2) is 85.7 Å². The summed E-state index contributed by atoms with van der Waals surface area (Å²) in [6, 6.07) is 0. The lowest BCUT2D eigenvalue weighted by atomic mass is 10.2. The van der Waals surface area contributed by atoms with Gasteiger partial charge < -0.3 is 38.5 Å². The maximum absolute atomic E-state index is 10.2. The van der Waals surface area contributed by atoms with Gasteiger partial charge in [-0.15, -0.1) is 0 Å². The van der Waals surface area contributed by atoms with Crippen LogP contribution in [0.25, 0.3) is 0 Å². The second-order valence-electron chi connectivity index (χ2n) is 5.25. The van der Waals surface area contributed by atoms with Gasteiger partial charge in [0.05, 0.1) is 26.2 Å². The summed E-state index contributed by atoms with van der Waals surface area (Å²) in [5, 5.41) is 18.6. The molecule has 0 aliphatic carbocycles. The highest BCUT2D eigenvalue weighted by Gasteiger charge is 1.94. The van der Waals surface area contributed by atoms with E-state index in [0.717, 1.165) is 13.0 Å². The molecule has 0 aliphatic heterocycles. The van der Waals surface area contributed by atoms with Crippen molar-refractivity contribution in [1.29, 1.82) is 0 Å². The Hall–Kier alpha value is -2.28. The van der Waals surface area contributed by atoms with Crippen LogP contribution in [0.15, 0.2) is 0 Å². The zero-order chi connectivity index (χ0) is 22.3. The van der Waals surface area contributed by atoms with Gasteiger partial charge in [-0.3, -0.25) is 24.1 Å². The Labute approximate surface area is 160 Å². The number of aliphatic carboxylic acids is 2. The SMILES string of the molecule is CCCCCNCC(N)=O.CN(C)CC(=O)O.NCC(=O)O.NCC(N)=O. The van der Waals surface area contributed by atoms with Crippen molar-refractivity contribution in [2.75, 3.05) is 46.8 Å². The molecule has 0 bridgehead atoms. The quantitative estimate of drug-likeness (QED) is 0.189. The first-order chi connectivity index (χ1) is 12.4. The minimum atomic E-state index is -0.968. The van der Waals surface area contributed by atoms with Crippen LogP contribution >= 0.6 is 0 Å². The fourth-order valence-corrected chi connectivity index (χ4v) is 0.982. The zero-order valence-electron chi connectivity index (χ0n) is 16.4. The number of nitrogens with one attached hydrogen (secondary N) is 1. The first kappa shape index (κ1) is 32.4. The van der Waals surface area contributed by atoms with Gasteiger partial charge in [-0.05, 0) is 27.1 Å². The highest BCUT2D eigenvalue weighted by molar-refractivity contribution is 5.76. The van der Waals surface area contributed by atoms with Crippen LogP contribution in [0.1, 0.15) is 26.2 Å². The smallest absolute Gasteiger partial charge is 0.317 e. The summed E-state index contributed by atoms with van der Waals surface area (Å²) in [4.78, 5) is 40.3. The lowest BCUT2D eigenvalue weighted by Crippen LogP contribution is -2.29. The molecule has 162 valence electrons. The molecule has 0 aromatic heterocycles. The number of nitrogens with two attached hydrogens (primary N) is 4. The maximum Gasteiger partial charge on any atom is 0.317 e. The van der Waals surface area contributed by atoms with Crippen LogP contribution in [0.2, 0.25) is 0 Å². The summed E-state index contributed by atoms with van der Waals surface area (Å²) in [6.07, 6.45) is 3.55. The van der Waals surface area contributed by atoms with Gasteiger partial charge in [0.25, 0.3) is 0 Å². The summed E-state index contributed by atoms with van der Waals surface area (Å²) in [6.45, 7) is 3.13. The van der Waals surface area contributed by atoms with Gasteiger partial charge in [-0.2, -0.15) is 0 Å². The van der Waals surface area contributed by atoms with Crippen LogP contribution in [-0.2, 0) is 19.2 Å². The summed E-state index contributed by atoms with van der Waals surface area (Å²) in [5.41, 5.74) is 18.7. The normalized spacial score (nSPS) is 8.81. The minimum absolute atomic E-state index is 0.0556. The Morgan fingerprint density at radius 2 is 1.33 bits per heavy atom. The Morgan fingerprint density at radius 1 is 0.889 bits per heavy atom. The minimum Gasteiger partial charge on any atom is -0.480 e. The maximum atomic E-state index is 10.2. The van der Waals surface area contributed by atoms with E-state index in [1.807, 2.05) is 0 Å². The topological polar surface area (TPSA) is 228 Å². The molecule has 2 amide bonds. The van der Waals surface area contributed by atoms with E-state index in [4.69, 9.17) is 21.7 Å². The van der Waals surface area contributed by atoms with Crippen LogP contribution in [0.3, 0.4) is 0 Å². The van der Waals surface area contributed by atoms with Gasteiger partial charge in [0.15, 0.2) is 0 Å². The molecule has 0 atom stereocenters. The first-order valence-corrected chi connectivity index (χ1v) is 8.20. The number of carboxylic acid groups (broad SMARTS) is 2. The van der Waals surface area contributed by atoms with Crippen molar-refractivity contribution in [3.05, 3.63) is 0 Å². The number of amides is 2. The van der Waals surface area contributed by atoms with E-state index >= 15 is 0 Å². The molecular weight excluding hydrogens is 360 g/mol. The predicted octanol–water partition coefficient (Wildman–Crippen LogP) is -2.66. The van der Waals surface area contributed by atoms with Crippen LogP contribution < -0.4 is 28.3 Å². The summed E-state index contributed by atoms with van der Waals surface area (Å²) < 4.78 is 0. The van der Waals surface area contributed by atoms with E-state index in [1.165, 1.54) is 12.8 Å². The Morgan fingerprint density at radius 3 is 1.52 bits per heavy atom. The van der Waals surface area contributed by atoms with Gasteiger partial charge >= 0.3 is 11.9 Å². The molecule has 0 radical (unpaired) electrons. The molecule has 0 heterocycles. The lowest BCUT2D eigenvalue weighted by molar-refractivity contribution is -0.138. The number of hydrogen-bond donors (Lipinski definition) is 7. The molecule has 27 heavy (non-hydrogen) atoms. The number of unbranched alkanes of at least 4 members (excludes halogenated alkanes) is 2. The van der Waals surface area contributed by atoms with Gasteiger partial charge in [0, 0.05) is 0 Å². The van der Waals surface area contributed by atoms with E-state index in [9.17, 15) is 19.2 Å². The third-order valence-corrected chi connectivity index (χ3v) is 2.08. The lowest BCUT2D eigenvalue weighted by Gasteiger charge is -2.01. The van der Waals surface area contributed by atoms with Crippen molar-refractivity contribution in [3.63, 3.8) is 0 Å². The largest absolute Gasteiger partial charge is 0.480 e. The van der Waals surface area contributed by atoms with E-state index < -0.39 is 17.8 Å². The number of nitrogens with zero attached hydrogens (tertiary/aromatic N) is 1. The number of hydrogen-bond acceptors (Lipinski definition) is 8. The first-order valence-electron chi connectivity index (χ1n) is 8.20. The van der Waals surface area contributed by atoms with E-state index in [2.05, 4.69) is 23.7 Å². The highest BCUT2D eigenvalue weighted by Crippen LogP contribution is 1.90. The predicted molar refractivity (Wildman–Crippen MR) is 103 cm³/mol. The molecule has 0 aliphatic rings. The van der Waals surface area contributed by atoms with E-state index in [1.54, 1.807) is 19.0 Å². The number of carbonyl (C=O) groups excluding carboxylic acids is 2. The number of primary amides is 2. The second-order valence-corrected chi connectivity index (χ2v) is 5.25. The third kappa shape index (κ3) is 69.2.